The van der Waals surface area contributed by atoms with E-state index in [1.165, 1.54) is 57.2 Å². The lowest BCUT2D eigenvalue weighted by Gasteiger charge is -2.07. The molecule has 0 aromatic heterocycles. The molecule has 1 rings (SSSR count). The first-order valence-corrected chi connectivity index (χ1v) is 11.5. The van der Waals surface area contributed by atoms with Gasteiger partial charge in [-0.2, -0.15) is 0 Å². The summed E-state index contributed by atoms with van der Waals surface area (Å²) in [5.41, 5.74) is 0. The number of esters is 1. The van der Waals surface area contributed by atoms with Gasteiger partial charge in [0, 0.05) is 12.8 Å². The maximum absolute atomic E-state index is 11.9. The quantitative estimate of drug-likeness (QED) is 0.139. The molecule has 1 aliphatic rings. The number of unbranched alkanes of at least 4 members (excludes halogenated alkanes) is 10. The van der Waals surface area contributed by atoms with Crippen molar-refractivity contribution in [1.82, 2.24) is 5.32 Å². The highest BCUT2D eigenvalue weighted by molar-refractivity contribution is 5.78. The van der Waals surface area contributed by atoms with Crippen LogP contribution in [-0.4, -0.2) is 42.6 Å². The lowest BCUT2D eigenvalue weighted by molar-refractivity contribution is -0.521. The van der Waals surface area contributed by atoms with Crippen molar-refractivity contribution in [3.05, 3.63) is 25.3 Å². The second-order valence-corrected chi connectivity index (χ2v) is 7.77. The largest absolute Gasteiger partial charge is 0.462 e. The van der Waals surface area contributed by atoms with Gasteiger partial charge < -0.3 is 4.74 Å². The standard InChI is InChI=1S/C24H42N2O2/c1-3-5-7-9-11-13-15-17-23-25-19-20-26(23)21-22-28-24(27)18-16-14-12-10-8-6-4-2/h3-4H,1-2,5-22H2/p+1. The van der Waals surface area contributed by atoms with Crippen LogP contribution in [0.15, 0.2) is 25.3 Å². The van der Waals surface area contributed by atoms with Crippen LogP contribution in [0.1, 0.15) is 89.9 Å². The zero-order valence-electron chi connectivity index (χ0n) is 18.1. The van der Waals surface area contributed by atoms with Crippen LogP contribution >= 0.6 is 0 Å². The SMILES string of the molecule is C=CCCCCCCCC(=O)OCC[N+]1=C(CCCCCCCC=C)NCC1. The monoisotopic (exact) mass is 391 g/mol. The Labute approximate surface area is 173 Å². The van der Waals surface area contributed by atoms with Gasteiger partial charge >= 0.3 is 5.97 Å². The molecule has 0 aromatic carbocycles. The lowest BCUT2D eigenvalue weighted by atomic mass is 10.1. The van der Waals surface area contributed by atoms with Crippen molar-refractivity contribution in [3.8, 4) is 0 Å². The smallest absolute Gasteiger partial charge is 0.305 e. The Morgan fingerprint density at radius 3 is 2.21 bits per heavy atom. The summed E-state index contributed by atoms with van der Waals surface area (Å²) in [5.74, 6) is 1.29. The number of allylic oxidation sites excluding steroid dienone is 2. The van der Waals surface area contributed by atoms with Crippen LogP contribution in [0.2, 0.25) is 0 Å². The van der Waals surface area contributed by atoms with E-state index in [0.29, 0.717) is 13.0 Å². The number of carbonyl (C=O) groups is 1. The van der Waals surface area contributed by atoms with E-state index in [-0.39, 0.29) is 5.97 Å². The summed E-state index contributed by atoms with van der Waals surface area (Å²) in [4.78, 5) is 11.9. The number of carbonyl (C=O) groups excluding carboxylic acids is 1. The minimum atomic E-state index is -0.0423. The van der Waals surface area contributed by atoms with Crippen LogP contribution in [0.4, 0.5) is 0 Å². The first-order chi connectivity index (χ1) is 13.8. The molecule has 1 aliphatic heterocycles. The predicted octanol–water partition coefficient (Wildman–Crippen LogP) is 5.38. The van der Waals surface area contributed by atoms with E-state index in [1.54, 1.807) is 0 Å². The van der Waals surface area contributed by atoms with Gasteiger partial charge in [0.05, 0.1) is 0 Å². The topological polar surface area (TPSA) is 41.3 Å². The Bertz CT molecular complexity index is 471. The molecule has 4 nitrogen and oxygen atoms in total. The van der Waals surface area contributed by atoms with Gasteiger partial charge in [0.1, 0.15) is 26.2 Å². The molecule has 0 saturated carbocycles. The highest BCUT2D eigenvalue weighted by atomic mass is 16.5. The second kappa shape index (κ2) is 17.5. The van der Waals surface area contributed by atoms with Gasteiger partial charge in [0.2, 0.25) is 5.84 Å². The summed E-state index contributed by atoms with van der Waals surface area (Å²) in [6.45, 7) is 10.9. The molecular formula is C24H43N2O2+. The van der Waals surface area contributed by atoms with Gasteiger partial charge in [-0.15, -0.1) is 13.2 Å². The summed E-state index contributed by atoms with van der Waals surface area (Å²) in [7, 11) is 0. The maximum atomic E-state index is 11.9. The van der Waals surface area contributed by atoms with Crippen molar-refractivity contribution in [1.29, 1.82) is 0 Å². The average molecular weight is 392 g/mol. The molecule has 1 heterocycles. The van der Waals surface area contributed by atoms with Gasteiger partial charge in [0.15, 0.2) is 0 Å². The van der Waals surface area contributed by atoms with Gasteiger partial charge in [-0.25, -0.2) is 0 Å². The number of ether oxygens (including phenoxy) is 1. The molecule has 0 saturated heterocycles. The molecule has 0 atom stereocenters. The average Bonchev–Trinajstić information content (AvgIpc) is 3.14. The summed E-state index contributed by atoms with van der Waals surface area (Å²) in [5, 5.41) is 3.50. The molecule has 28 heavy (non-hydrogen) atoms. The van der Waals surface area contributed by atoms with E-state index in [2.05, 4.69) is 23.1 Å². The lowest BCUT2D eigenvalue weighted by Crippen LogP contribution is -2.25. The normalized spacial score (nSPS) is 13.4. The van der Waals surface area contributed by atoms with Crippen LogP contribution < -0.4 is 5.32 Å². The van der Waals surface area contributed by atoms with Crippen LogP contribution in [0, 0.1) is 0 Å². The summed E-state index contributed by atoms with van der Waals surface area (Å²) >= 11 is 0. The highest BCUT2D eigenvalue weighted by Crippen LogP contribution is 2.09. The minimum absolute atomic E-state index is 0.0423. The zero-order chi connectivity index (χ0) is 20.3. The fourth-order valence-electron chi connectivity index (χ4n) is 3.62. The Morgan fingerprint density at radius 2 is 1.54 bits per heavy atom. The third kappa shape index (κ3) is 12.7. The Kier molecular flexibility index (Phi) is 15.3. The van der Waals surface area contributed by atoms with Gasteiger partial charge in [0.25, 0.3) is 0 Å². The second-order valence-electron chi connectivity index (χ2n) is 7.77. The number of amidine groups is 1. The van der Waals surface area contributed by atoms with E-state index in [1.807, 2.05) is 12.2 Å². The third-order valence-corrected chi connectivity index (χ3v) is 5.33. The van der Waals surface area contributed by atoms with Crippen molar-refractivity contribution in [2.45, 2.75) is 89.9 Å². The van der Waals surface area contributed by atoms with Crippen LogP contribution in [-0.2, 0) is 9.53 Å². The number of hydrogen-bond acceptors (Lipinski definition) is 3. The van der Waals surface area contributed by atoms with Crippen molar-refractivity contribution >= 4 is 11.8 Å². The summed E-state index contributed by atoms with van der Waals surface area (Å²) < 4.78 is 7.79. The molecule has 1 N–H and O–H groups in total. The zero-order valence-corrected chi connectivity index (χ0v) is 18.1. The Hall–Kier alpha value is -1.58. The molecule has 0 radical (unpaired) electrons. The molecular weight excluding hydrogens is 348 g/mol. The maximum Gasteiger partial charge on any atom is 0.305 e. The number of nitrogens with one attached hydrogen (secondary N) is 1. The van der Waals surface area contributed by atoms with Crippen LogP contribution in [0.25, 0.3) is 0 Å². The fourth-order valence-corrected chi connectivity index (χ4v) is 3.62. The van der Waals surface area contributed by atoms with Gasteiger partial charge in [-0.1, -0.05) is 50.7 Å². The first-order valence-electron chi connectivity index (χ1n) is 11.5. The van der Waals surface area contributed by atoms with E-state index in [9.17, 15) is 4.79 Å². The highest BCUT2D eigenvalue weighted by Gasteiger charge is 2.20. The van der Waals surface area contributed by atoms with Crippen LogP contribution in [0.5, 0.6) is 0 Å². The molecule has 0 aromatic rings. The van der Waals surface area contributed by atoms with Crippen LogP contribution in [0.3, 0.4) is 0 Å². The van der Waals surface area contributed by atoms with E-state index in [0.717, 1.165) is 51.7 Å². The number of rotatable bonds is 19. The summed E-state index contributed by atoms with van der Waals surface area (Å²) in [6, 6.07) is 0. The van der Waals surface area contributed by atoms with E-state index < -0.39 is 0 Å². The minimum Gasteiger partial charge on any atom is -0.462 e. The Morgan fingerprint density at radius 1 is 0.929 bits per heavy atom. The molecule has 4 heteroatoms. The fraction of sp³-hybridized carbons (Fsp3) is 0.750. The van der Waals surface area contributed by atoms with Crippen molar-refractivity contribution in [3.63, 3.8) is 0 Å². The van der Waals surface area contributed by atoms with Crippen molar-refractivity contribution in [2.75, 3.05) is 26.2 Å². The molecule has 160 valence electrons. The first kappa shape index (κ1) is 24.5. The Balaban J connectivity index is 2.05. The third-order valence-electron chi connectivity index (χ3n) is 5.33. The summed E-state index contributed by atoms with van der Waals surface area (Å²) in [6.07, 6.45) is 20.0. The molecule has 0 fully saturated rings. The molecule has 0 spiro atoms. The van der Waals surface area contributed by atoms with E-state index in [4.69, 9.17) is 4.74 Å². The van der Waals surface area contributed by atoms with Gasteiger partial charge in [-0.05, 0) is 38.5 Å². The van der Waals surface area contributed by atoms with Gasteiger partial charge in [-0.3, -0.25) is 14.7 Å². The molecule has 0 amide bonds. The van der Waals surface area contributed by atoms with Crippen molar-refractivity contribution in [2.24, 2.45) is 0 Å². The molecule has 0 aliphatic carbocycles. The number of nitrogens with zero attached hydrogens (tertiary/aromatic N) is 1. The van der Waals surface area contributed by atoms with Crippen molar-refractivity contribution < 1.29 is 14.1 Å². The molecule has 0 unspecified atom stereocenters. The van der Waals surface area contributed by atoms with E-state index >= 15 is 0 Å². The number of hydrogen-bond donors (Lipinski definition) is 1. The molecule has 0 bridgehead atoms. The predicted molar refractivity (Wildman–Crippen MR) is 119 cm³/mol.